The SMILES string of the molecule is CC(C)n1nccc1NC(=O)C1CCN(c2cccc(Br)c2)C1=O. The Kier molecular flexibility index (Phi) is 4.71. The molecule has 3 rings (SSSR count). The van der Waals surface area contributed by atoms with E-state index in [9.17, 15) is 9.59 Å². The molecule has 1 fully saturated rings. The lowest BCUT2D eigenvalue weighted by atomic mass is 10.1. The van der Waals surface area contributed by atoms with Crippen LogP contribution < -0.4 is 10.2 Å². The van der Waals surface area contributed by atoms with Crippen LogP contribution in [0.3, 0.4) is 0 Å². The van der Waals surface area contributed by atoms with Crippen molar-refractivity contribution in [3.05, 3.63) is 41.0 Å². The van der Waals surface area contributed by atoms with Gasteiger partial charge < -0.3 is 10.2 Å². The number of carbonyl (C=O) groups is 2. The van der Waals surface area contributed by atoms with Gasteiger partial charge in [-0.25, -0.2) is 4.68 Å². The minimum Gasteiger partial charge on any atom is -0.312 e. The van der Waals surface area contributed by atoms with Crippen LogP contribution in [0.2, 0.25) is 0 Å². The summed E-state index contributed by atoms with van der Waals surface area (Å²) in [7, 11) is 0. The zero-order chi connectivity index (χ0) is 17.3. The Bertz CT molecular complexity index is 771. The van der Waals surface area contributed by atoms with Crippen LogP contribution in [0.4, 0.5) is 11.5 Å². The number of amides is 2. The van der Waals surface area contributed by atoms with E-state index in [1.807, 2.05) is 38.1 Å². The second kappa shape index (κ2) is 6.76. The van der Waals surface area contributed by atoms with E-state index in [0.717, 1.165) is 10.2 Å². The number of aromatic nitrogens is 2. The van der Waals surface area contributed by atoms with Gasteiger partial charge in [-0.15, -0.1) is 0 Å². The Morgan fingerprint density at radius 3 is 2.88 bits per heavy atom. The standard InChI is InChI=1S/C17H19BrN4O2/c1-11(2)22-15(6-8-19-22)20-16(23)14-7-9-21(17(14)24)13-5-3-4-12(18)10-13/h3-6,8,10-11,14H,7,9H2,1-2H3,(H,20,23). The summed E-state index contributed by atoms with van der Waals surface area (Å²) >= 11 is 3.41. The predicted octanol–water partition coefficient (Wildman–Crippen LogP) is 3.22. The number of nitrogens with one attached hydrogen (secondary N) is 1. The average molecular weight is 391 g/mol. The summed E-state index contributed by atoms with van der Waals surface area (Å²) in [6.45, 7) is 4.51. The molecular formula is C17H19BrN4O2. The van der Waals surface area contributed by atoms with E-state index in [2.05, 4.69) is 26.3 Å². The van der Waals surface area contributed by atoms with Crippen molar-refractivity contribution in [2.75, 3.05) is 16.8 Å². The third-order valence-electron chi connectivity index (χ3n) is 4.05. The number of hydrogen-bond donors (Lipinski definition) is 1. The predicted molar refractivity (Wildman–Crippen MR) is 95.8 cm³/mol. The van der Waals surface area contributed by atoms with Crippen LogP contribution in [0, 0.1) is 5.92 Å². The zero-order valence-corrected chi connectivity index (χ0v) is 15.2. The van der Waals surface area contributed by atoms with E-state index in [1.54, 1.807) is 21.8 Å². The molecule has 0 bridgehead atoms. The molecule has 1 N–H and O–H groups in total. The number of hydrogen-bond acceptors (Lipinski definition) is 3. The van der Waals surface area contributed by atoms with Crippen LogP contribution in [0.5, 0.6) is 0 Å². The number of carbonyl (C=O) groups excluding carboxylic acids is 2. The molecule has 0 saturated carbocycles. The maximum atomic E-state index is 12.6. The van der Waals surface area contributed by atoms with Gasteiger partial charge in [-0.3, -0.25) is 9.59 Å². The van der Waals surface area contributed by atoms with Gasteiger partial charge >= 0.3 is 0 Å². The van der Waals surface area contributed by atoms with Crippen molar-refractivity contribution in [2.24, 2.45) is 5.92 Å². The Hall–Kier alpha value is -2.15. The molecule has 126 valence electrons. The number of rotatable bonds is 4. The van der Waals surface area contributed by atoms with Crippen molar-refractivity contribution >= 4 is 39.2 Å². The molecule has 1 unspecified atom stereocenters. The highest BCUT2D eigenvalue weighted by Crippen LogP contribution is 2.28. The van der Waals surface area contributed by atoms with Crippen molar-refractivity contribution in [1.29, 1.82) is 0 Å². The van der Waals surface area contributed by atoms with E-state index in [0.29, 0.717) is 18.8 Å². The van der Waals surface area contributed by atoms with Gasteiger partial charge in [0.2, 0.25) is 11.8 Å². The van der Waals surface area contributed by atoms with E-state index in [1.165, 1.54) is 0 Å². The molecule has 2 heterocycles. The second-order valence-electron chi connectivity index (χ2n) is 6.06. The van der Waals surface area contributed by atoms with Crippen LogP contribution in [0.25, 0.3) is 0 Å². The van der Waals surface area contributed by atoms with Crippen molar-refractivity contribution < 1.29 is 9.59 Å². The molecule has 0 spiro atoms. The molecule has 2 amide bonds. The third-order valence-corrected chi connectivity index (χ3v) is 4.55. The first kappa shape index (κ1) is 16.7. The minimum absolute atomic E-state index is 0.132. The van der Waals surface area contributed by atoms with Crippen molar-refractivity contribution in [2.45, 2.75) is 26.3 Å². The first-order valence-electron chi connectivity index (χ1n) is 7.88. The van der Waals surface area contributed by atoms with Crippen LogP contribution in [0.1, 0.15) is 26.3 Å². The van der Waals surface area contributed by atoms with E-state index in [4.69, 9.17) is 0 Å². The first-order chi connectivity index (χ1) is 11.5. The van der Waals surface area contributed by atoms with E-state index in [-0.39, 0.29) is 17.9 Å². The van der Waals surface area contributed by atoms with Crippen LogP contribution >= 0.6 is 15.9 Å². The summed E-state index contributed by atoms with van der Waals surface area (Å²) in [5.74, 6) is -0.496. The summed E-state index contributed by atoms with van der Waals surface area (Å²) in [5, 5.41) is 7.02. The van der Waals surface area contributed by atoms with Crippen molar-refractivity contribution in [3.63, 3.8) is 0 Å². The van der Waals surface area contributed by atoms with Gasteiger partial charge in [0.05, 0.1) is 6.20 Å². The van der Waals surface area contributed by atoms with Crippen molar-refractivity contribution in [1.82, 2.24) is 9.78 Å². The highest BCUT2D eigenvalue weighted by atomic mass is 79.9. The third kappa shape index (κ3) is 3.21. The fraction of sp³-hybridized carbons (Fsp3) is 0.353. The fourth-order valence-corrected chi connectivity index (χ4v) is 3.25. The molecule has 1 aromatic heterocycles. The van der Waals surface area contributed by atoms with Crippen LogP contribution in [-0.4, -0.2) is 28.1 Å². The lowest BCUT2D eigenvalue weighted by Gasteiger charge is -2.17. The first-order valence-corrected chi connectivity index (χ1v) is 8.68. The van der Waals surface area contributed by atoms with Gasteiger partial charge in [-0.05, 0) is 38.5 Å². The lowest BCUT2D eigenvalue weighted by Crippen LogP contribution is -2.33. The quantitative estimate of drug-likeness (QED) is 0.814. The number of halogens is 1. The van der Waals surface area contributed by atoms with Gasteiger partial charge in [-0.1, -0.05) is 22.0 Å². The monoisotopic (exact) mass is 390 g/mol. The lowest BCUT2D eigenvalue weighted by molar-refractivity contribution is -0.129. The maximum absolute atomic E-state index is 12.6. The largest absolute Gasteiger partial charge is 0.312 e. The highest BCUT2D eigenvalue weighted by molar-refractivity contribution is 9.10. The Balaban J connectivity index is 1.73. The molecule has 1 saturated heterocycles. The van der Waals surface area contributed by atoms with Crippen LogP contribution in [-0.2, 0) is 9.59 Å². The zero-order valence-electron chi connectivity index (χ0n) is 13.6. The molecule has 24 heavy (non-hydrogen) atoms. The van der Waals surface area contributed by atoms with Gasteiger partial charge in [0.25, 0.3) is 0 Å². The fourth-order valence-electron chi connectivity index (χ4n) is 2.86. The van der Waals surface area contributed by atoms with Crippen LogP contribution in [0.15, 0.2) is 41.0 Å². The normalized spacial score (nSPS) is 17.6. The molecule has 6 nitrogen and oxygen atoms in total. The van der Waals surface area contributed by atoms with E-state index < -0.39 is 5.92 Å². The second-order valence-corrected chi connectivity index (χ2v) is 6.97. The van der Waals surface area contributed by atoms with Gasteiger partial charge in [0.15, 0.2) is 0 Å². The number of benzene rings is 1. The summed E-state index contributed by atoms with van der Waals surface area (Å²) < 4.78 is 2.63. The number of anilines is 2. The molecule has 0 aliphatic carbocycles. The Morgan fingerprint density at radius 1 is 1.38 bits per heavy atom. The molecule has 0 radical (unpaired) electrons. The highest BCUT2D eigenvalue weighted by Gasteiger charge is 2.38. The molecule has 1 aliphatic rings. The molecule has 7 heteroatoms. The average Bonchev–Trinajstić information content (AvgIpc) is 3.13. The molecule has 1 aliphatic heterocycles. The maximum Gasteiger partial charge on any atom is 0.239 e. The van der Waals surface area contributed by atoms with Gasteiger partial charge in [0.1, 0.15) is 11.7 Å². The Morgan fingerprint density at radius 2 is 2.17 bits per heavy atom. The van der Waals surface area contributed by atoms with Gasteiger partial charge in [-0.2, -0.15) is 5.10 Å². The molecule has 2 aromatic rings. The molecular weight excluding hydrogens is 372 g/mol. The minimum atomic E-state index is -0.667. The molecule has 1 aromatic carbocycles. The Labute approximate surface area is 149 Å². The topological polar surface area (TPSA) is 67.2 Å². The van der Waals surface area contributed by atoms with Crippen molar-refractivity contribution in [3.8, 4) is 0 Å². The summed E-state index contributed by atoms with van der Waals surface area (Å²) in [6, 6.07) is 9.40. The van der Waals surface area contributed by atoms with Gasteiger partial charge in [0, 0.05) is 28.8 Å². The summed E-state index contributed by atoms with van der Waals surface area (Å²) in [6.07, 6.45) is 2.15. The summed E-state index contributed by atoms with van der Waals surface area (Å²) in [5.41, 5.74) is 0.803. The molecule has 1 atom stereocenters. The van der Waals surface area contributed by atoms with E-state index >= 15 is 0 Å². The number of nitrogens with zero attached hydrogens (tertiary/aromatic N) is 3. The summed E-state index contributed by atoms with van der Waals surface area (Å²) in [4.78, 5) is 26.8. The smallest absolute Gasteiger partial charge is 0.239 e.